The minimum atomic E-state index is -3.54. The minimum absolute atomic E-state index is 0.100. The largest absolute Gasteiger partial charge is 0.351 e. The van der Waals surface area contributed by atoms with E-state index in [1.807, 2.05) is 0 Å². The van der Waals surface area contributed by atoms with Gasteiger partial charge in [-0.25, -0.2) is 13.6 Å². The molecule has 0 saturated heterocycles. The highest BCUT2D eigenvalue weighted by atomic mass is 35.5. The first kappa shape index (κ1) is 14.0. The van der Waals surface area contributed by atoms with Gasteiger partial charge in [-0.3, -0.25) is 4.79 Å². The van der Waals surface area contributed by atoms with Crippen LogP contribution < -0.4 is 10.5 Å². The Balaban J connectivity index is 2.69. The number of sulfonamides is 1. The Kier molecular flexibility index (Phi) is 4.92. The Hall–Kier alpha value is -1.11. The van der Waals surface area contributed by atoms with Gasteiger partial charge in [-0.05, 0) is 11.1 Å². The van der Waals surface area contributed by atoms with Crippen LogP contribution in [0.1, 0.15) is 11.1 Å². The maximum absolute atomic E-state index is 10.9. The summed E-state index contributed by atoms with van der Waals surface area (Å²) in [5, 5.41) is 7.53. The molecule has 1 rings (SSSR count). The summed E-state index contributed by atoms with van der Waals surface area (Å²) in [6.45, 7) is 0.310. The van der Waals surface area contributed by atoms with Crippen LogP contribution in [0, 0.1) is 0 Å². The molecule has 94 valence electrons. The molecule has 0 bridgehead atoms. The smallest absolute Gasteiger partial charge is 0.235 e. The lowest BCUT2D eigenvalue weighted by atomic mass is 10.1. The van der Waals surface area contributed by atoms with Crippen molar-refractivity contribution in [2.75, 3.05) is 5.88 Å². The number of rotatable bonds is 5. The molecule has 0 aliphatic heterocycles. The minimum Gasteiger partial charge on any atom is -0.351 e. The Labute approximate surface area is 105 Å². The molecule has 0 radical (unpaired) electrons. The second kappa shape index (κ2) is 6.00. The van der Waals surface area contributed by atoms with Crippen LogP contribution in [0.3, 0.4) is 0 Å². The monoisotopic (exact) mass is 276 g/mol. The second-order valence-corrected chi connectivity index (χ2v) is 5.42. The summed E-state index contributed by atoms with van der Waals surface area (Å²) in [4.78, 5) is 10.9. The van der Waals surface area contributed by atoms with E-state index in [1.165, 1.54) is 0 Å². The fraction of sp³-hybridized carbons (Fsp3) is 0.300. The van der Waals surface area contributed by atoms with Crippen molar-refractivity contribution in [3.63, 3.8) is 0 Å². The molecule has 0 saturated carbocycles. The van der Waals surface area contributed by atoms with Crippen LogP contribution in [0.25, 0.3) is 0 Å². The molecule has 0 fully saturated rings. The third-order valence-electron chi connectivity index (χ3n) is 1.97. The average Bonchev–Trinajstić information content (AvgIpc) is 2.24. The van der Waals surface area contributed by atoms with E-state index in [1.54, 1.807) is 24.3 Å². The number of carbonyl (C=O) groups is 1. The van der Waals surface area contributed by atoms with Gasteiger partial charge >= 0.3 is 0 Å². The predicted molar refractivity (Wildman–Crippen MR) is 65.8 cm³/mol. The van der Waals surface area contributed by atoms with Gasteiger partial charge in [0.05, 0.1) is 5.75 Å². The zero-order valence-corrected chi connectivity index (χ0v) is 10.6. The molecule has 0 atom stereocenters. The van der Waals surface area contributed by atoms with Crippen molar-refractivity contribution in [2.24, 2.45) is 5.14 Å². The van der Waals surface area contributed by atoms with Crippen molar-refractivity contribution < 1.29 is 13.2 Å². The summed E-state index contributed by atoms with van der Waals surface area (Å²) in [7, 11) is -3.54. The zero-order valence-electron chi connectivity index (χ0n) is 9.02. The van der Waals surface area contributed by atoms with Crippen molar-refractivity contribution in [3.05, 3.63) is 35.4 Å². The van der Waals surface area contributed by atoms with Gasteiger partial charge in [-0.1, -0.05) is 24.3 Å². The van der Waals surface area contributed by atoms with E-state index in [0.717, 1.165) is 5.56 Å². The van der Waals surface area contributed by atoms with Gasteiger partial charge in [0.2, 0.25) is 15.9 Å². The molecular weight excluding hydrogens is 264 g/mol. The molecule has 1 aromatic rings. The molecule has 0 aliphatic rings. The standard InChI is InChI=1S/C10H13ClN2O3S/c11-5-10(14)13-6-8-2-1-3-9(4-8)7-17(12,15)16/h1-4H,5-7H2,(H,13,14)(H2,12,15,16). The number of carbonyl (C=O) groups excluding carboxylic acids is 1. The third-order valence-corrected chi connectivity index (χ3v) is 2.95. The SMILES string of the molecule is NS(=O)(=O)Cc1cccc(CNC(=O)CCl)c1. The summed E-state index contributed by atoms with van der Waals surface area (Å²) in [5.74, 6) is -0.593. The molecule has 1 amide bonds. The molecule has 0 heterocycles. The lowest BCUT2D eigenvalue weighted by molar-refractivity contribution is -0.118. The van der Waals surface area contributed by atoms with Crippen LogP contribution in [0.4, 0.5) is 0 Å². The van der Waals surface area contributed by atoms with Crippen molar-refractivity contribution in [1.82, 2.24) is 5.32 Å². The van der Waals surface area contributed by atoms with Gasteiger partial charge < -0.3 is 5.32 Å². The van der Waals surface area contributed by atoms with E-state index in [2.05, 4.69) is 5.32 Å². The van der Waals surface area contributed by atoms with Gasteiger partial charge in [-0.2, -0.15) is 0 Å². The van der Waals surface area contributed by atoms with Crippen LogP contribution in [-0.4, -0.2) is 20.2 Å². The maximum Gasteiger partial charge on any atom is 0.235 e. The van der Waals surface area contributed by atoms with Crippen LogP contribution in [0.2, 0.25) is 0 Å². The summed E-state index contributed by atoms with van der Waals surface area (Å²) in [5.41, 5.74) is 1.38. The van der Waals surface area contributed by atoms with E-state index in [0.29, 0.717) is 12.1 Å². The van der Waals surface area contributed by atoms with Gasteiger partial charge in [0.15, 0.2) is 0 Å². The molecule has 1 aromatic carbocycles. The van der Waals surface area contributed by atoms with Crippen LogP contribution in [0.15, 0.2) is 24.3 Å². The number of alkyl halides is 1. The van der Waals surface area contributed by atoms with Crippen LogP contribution in [0.5, 0.6) is 0 Å². The summed E-state index contributed by atoms with van der Waals surface area (Å²) in [6.07, 6.45) is 0. The number of amides is 1. The molecular formula is C10H13ClN2O3S. The fourth-order valence-corrected chi connectivity index (χ4v) is 2.05. The van der Waals surface area contributed by atoms with E-state index < -0.39 is 10.0 Å². The number of halogens is 1. The van der Waals surface area contributed by atoms with Gasteiger partial charge in [0.1, 0.15) is 5.88 Å². The zero-order chi connectivity index (χ0) is 12.9. The van der Waals surface area contributed by atoms with Gasteiger partial charge in [0.25, 0.3) is 0 Å². The first-order valence-corrected chi connectivity index (χ1v) is 7.06. The molecule has 5 nitrogen and oxygen atoms in total. The number of nitrogens with two attached hydrogens (primary N) is 1. The highest BCUT2D eigenvalue weighted by molar-refractivity contribution is 7.88. The summed E-state index contributed by atoms with van der Waals surface area (Å²) < 4.78 is 21.8. The number of hydrogen-bond acceptors (Lipinski definition) is 3. The summed E-state index contributed by atoms with van der Waals surface area (Å²) >= 11 is 5.33. The first-order chi connectivity index (χ1) is 7.90. The van der Waals surface area contributed by atoms with E-state index >= 15 is 0 Å². The fourth-order valence-electron chi connectivity index (χ4n) is 1.31. The lowest BCUT2D eigenvalue weighted by Crippen LogP contribution is -2.23. The molecule has 3 N–H and O–H groups in total. The molecule has 0 aliphatic carbocycles. The topological polar surface area (TPSA) is 89.3 Å². The van der Waals surface area contributed by atoms with Crippen molar-refractivity contribution >= 4 is 27.5 Å². The average molecular weight is 277 g/mol. The Morgan fingerprint density at radius 2 is 2.00 bits per heavy atom. The van der Waals surface area contributed by atoms with Crippen molar-refractivity contribution in [1.29, 1.82) is 0 Å². The predicted octanol–water partition coefficient (Wildman–Crippen LogP) is 0.330. The Bertz CT molecular complexity index is 502. The first-order valence-electron chi connectivity index (χ1n) is 4.81. The lowest BCUT2D eigenvalue weighted by Gasteiger charge is -2.05. The maximum atomic E-state index is 10.9. The quantitative estimate of drug-likeness (QED) is 0.760. The van der Waals surface area contributed by atoms with E-state index in [9.17, 15) is 13.2 Å². The van der Waals surface area contributed by atoms with E-state index in [-0.39, 0.29) is 17.5 Å². The van der Waals surface area contributed by atoms with Crippen molar-refractivity contribution in [3.8, 4) is 0 Å². The summed E-state index contributed by atoms with van der Waals surface area (Å²) in [6, 6.07) is 6.83. The molecule has 0 aromatic heterocycles. The van der Waals surface area contributed by atoms with E-state index in [4.69, 9.17) is 16.7 Å². The number of benzene rings is 1. The number of primary sulfonamides is 1. The third kappa shape index (κ3) is 5.67. The molecule has 0 spiro atoms. The van der Waals surface area contributed by atoms with Crippen molar-refractivity contribution in [2.45, 2.75) is 12.3 Å². The highest BCUT2D eigenvalue weighted by Gasteiger charge is 2.06. The van der Waals surface area contributed by atoms with Crippen LogP contribution in [-0.2, 0) is 27.1 Å². The Morgan fingerprint density at radius 1 is 1.35 bits per heavy atom. The molecule has 17 heavy (non-hydrogen) atoms. The van der Waals surface area contributed by atoms with Gasteiger partial charge in [-0.15, -0.1) is 11.6 Å². The number of hydrogen-bond donors (Lipinski definition) is 2. The van der Waals surface area contributed by atoms with Gasteiger partial charge in [0, 0.05) is 6.54 Å². The molecule has 7 heteroatoms. The Morgan fingerprint density at radius 3 is 2.59 bits per heavy atom. The molecule has 0 unspecified atom stereocenters. The highest BCUT2D eigenvalue weighted by Crippen LogP contribution is 2.07. The second-order valence-electron chi connectivity index (χ2n) is 3.54. The van der Waals surface area contributed by atoms with Crippen LogP contribution >= 0.6 is 11.6 Å². The normalized spacial score (nSPS) is 11.2. The number of nitrogens with one attached hydrogen (secondary N) is 1.